The number of aliphatic carboxylic acids is 1. The number of amides is 2. The van der Waals surface area contributed by atoms with Crippen molar-refractivity contribution < 1.29 is 24.6 Å². The Morgan fingerprint density at radius 3 is 2.52 bits per heavy atom. The number of carbonyl (C=O) groups excluding carboxylic acids is 1. The maximum atomic E-state index is 11.8. The fourth-order valence-electron chi connectivity index (χ4n) is 1.58. The summed E-state index contributed by atoms with van der Waals surface area (Å²) in [6, 6.07) is 2.13. The summed E-state index contributed by atoms with van der Waals surface area (Å²) in [5, 5.41) is 22.6. The Morgan fingerprint density at radius 1 is 1.29 bits per heavy atom. The lowest BCUT2D eigenvalue weighted by Gasteiger charge is -2.25. The second-order valence-corrected chi connectivity index (χ2v) is 5.09. The van der Waals surface area contributed by atoms with Crippen LogP contribution in [0.3, 0.4) is 0 Å². The molecule has 0 bridgehead atoms. The van der Waals surface area contributed by atoms with Crippen molar-refractivity contribution in [1.29, 1.82) is 0 Å². The van der Waals surface area contributed by atoms with Crippen LogP contribution in [0.15, 0.2) is 18.3 Å². The molecule has 0 aliphatic heterocycles. The molecule has 0 saturated carbocycles. The third-order valence-corrected chi connectivity index (χ3v) is 2.65. The van der Waals surface area contributed by atoms with Gasteiger partial charge in [0.2, 0.25) is 0 Å². The SMILES string of the molecule is CC(C)(CCC(=O)O)NC(=O)Nc1ccnc(C(=O)O)c1. The normalized spacial score (nSPS) is 10.8. The van der Waals surface area contributed by atoms with Crippen molar-refractivity contribution in [3.63, 3.8) is 0 Å². The van der Waals surface area contributed by atoms with Crippen LogP contribution in [0, 0.1) is 0 Å². The molecule has 8 heteroatoms. The van der Waals surface area contributed by atoms with Gasteiger partial charge in [-0.05, 0) is 32.4 Å². The van der Waals surface area contributed by atoms with Gasteiger partial charge in [0.1, 0.15) is 5.69 Å². The summed E-state index contributed by atoms with van der Waals surface area (Å²) in [6.45, 7) is 3.40. The Balaban J connectivity index is 2.62. The number of pyridine rings is 1. The molecule has 0 atom stereocenters. The zero-order chi connectivity index (χ0) is 16.0. The zero-order valence-electron chi connectivity index (χ0n) is 11.7. The molecule has 2 amide bonds. The number of nitrogens with one attached hydrogen (secondary N) is 2. The molecular weight excluding hydrogens is 278 g/mol. The van der Waals surface area contributed by atoms with E-state index in [9.17, 15) is 14.4 Å². The van der Waals surface area contributed by atoms with E-state index in [1.54, 1.807) is 13.8 Å². The monoisotopic (exact) mass is 295 g/mol. The predicted octanol–water partition coefficient (Wildman–Crippen LogP) is 1.54. The first-order chi connectivity index (χ1) is 9.69. The summed E-state index contributed by atoms with van der Waals surface area (Å²) in [6.07, 6.45) is 1.48. The molecule has 0 spiro atoms. The Bertz CT molecular complexity index is 556. The lowest BCUT2D eigenvalue weighted by Crippen LogP contribution is -2.45. The minimum absolute atomic E-state index is 0.0638. The Hall–Kier alpha value is -2.64. The van der Waals surface area contributed by atoms with Crippen LogP contribution >= 0.6 is 0 Å². The summed E-state index contributed by atoms with van der Waals surface area (Å²) in [7, 11) is 0. The zero-order valence-corrected chi connectivity index (χ0v) is 11.7. The van der Waals surface area contributed by atoms with E-state index in [2.05, 4.69) is 15.6 Å². The van der Waals surface area contributed by atoms with E-state index in [-0.39, 0.29) is 24.2 Å². The topological polar surface area (TPSA) is 129 Å². The Morgan fingerprint density at radius 2 is 1.95 bits per heavy atom. The number of anilines is 1. The molecule has 8 nitrogen and oxygen atoms in total. The number of aromatic nitrogens is 1. The number of carbonyl (C=O) groups is 3. The number of aromatic carboxylic acids is 1. The molecule has 0 radical (unpaired) electrons. The van der Waals surface area contributed by atoms with Gasteiger partial charge in [0, 0.05) is 23.8 Å². The van der Waals surface area contributed by atoms with Crippen LogP contribution in [0.4, 0.5) is 10.5 Å². The van der Waals surface area contributed by atoms with Gasteiger partial charge in [0.25, 0.3) is 0 Å². The van der Waals surface area contributed by atoms with Gasteiger partial charge in [-0.25, -0.2) is 14.6 Å². The molecule has 1 aromatic rings. The molecule has 0 aromatic carbocycles. The van der Waals surface area contributed by atoms with Crippen molar-refractivity contribution in [2.24, 2.45) is 0 Å². The van der Waals surface area contributed by atoms with E-state index in [1.165, 1.54) is 18.3 Å². The number of hydrogen-bond acceptors (Lipinski definition) is 4. The lowest BCUT2D eigenvalue weighted by atomic mass is 9.99. The maximum Gasteiger partial charge on any atom is 0.354 e. The van der Waals surface area contributed by atoms with Crippen molar-refractivity contribution >= 4 is 23.7 Å². The molecule has 0 saturated heterocycles. The van der Waals surface area contributed by atoms with Crippen LogP contribution in [0.2, 0.25) is 0 Å². The number of nitrogens with zero attached hydrogens (tertiary/aromatic N) is 1. The van der Waals surface area contributed by atoms with E-state index >= 15 is 0 Å². The van der Waals surface area contributed by atoms with E-state index in [0.717, 1.165) is 0 Å². The second kappa shape index (κ2) is 6.69. The average molecular weight is 295 g/mol. The number of urea groups is 1. The van der Waals surface area contributed by atoms with Crippen molar-refractivity contribution in [1.82, 2.24) is 10.3 Å². The molecule has 0 aliphatic rings. The van der Waals surface area contributed by atoms with Crippen LogP contribution in [0.25, 0.3) is 0 Å². The molecular formula is C13H17N3O5. The predicted molar refractivity (Wildman–Crippen MR) is 74.3 cm³/mol. The van der Waals surface area contributed by atoms with Gasteiger partial charge in [-0.1, -0.05) is 0 Å². The van der Waals surface area contributed by atoms with Crippen LogP contribution in [-0.2, 0) is 4.79 Å². The first-order valence-electron chi connectivity index (χ1n) is 6.20. The minimum Gasteiger partial charge on any atom is -0.481 e. The van der Waals surface area contributed by atoms with Gasteiger partial charge >= 0.3 is 18.0 Å². The summed E-state index contributed by atoms with van der Waals surface area (Å²) in [5.41, 5.74) is -0.600. The highest BCUT2D eigenvalue weighted by atomic mass is 16.4. The van der Waals surface area contributed by atoms with Crippen molar-refractivity contribution in [3.05, 3.63) is 24.0 Å². The molecule has 1 rings (SSSR count). The summed E-state index contributed by atoms with van der Waals surface area (Å²) >= 11 is 0. The molecule has 21 heavy (non-hydrogen) atoms. The standard InChI is InChI=1S/C13H17N3O5/c1-13(2,5-3-10(17)18)16-12(21)15-8-4-6-14-9(7-8)11(19)20/h4,6-7H,3,5H2,1-2H3,(H,17,18)(H,19,20)(H2,14,15,16,21). The highest BCUT2D eigenvalue weighted by molar-refractivity contribution is 5.92. The quantitative estimate of drug-likeness (QED) is 0.630. The lowest BCUT2D eigenvalue weighted by molar-refractivity contribution is -0.137. The molecule has 1 aromatic heterocycles. The van der Waals surface area contributed by atoms with Crippen LogP contribution in [0.1, 0.15) is 37.2 Å². The molecule has 4 N–H and O–H groups in total. The summed E-state index contributed by atoms with van der Waals surface area (Å²) in [4.78, 5) is 36.8. The molecule has 0 fully saturated rings. The van der Waals surface area contributed by atoms with Crippen LogP contribution in [0.5, 0.6) is 0 Å². The molecule has 0 unspecified atom stereocenters. The average Bonchev–Trinajstić information content (AvgIpc) is 2.36. The van der Waals surface area contributed by atoms with Crippen molar-refractivity contribution in [2.45, 2.75) is 32.2 Å². The highest BCUT2D eigenvalue weighted by Crippen LogP contribution is 2.13. The summed E-state index contributed by atoms with van der Waals surface area (Å²) < 4.78 is 0. The second-order valence-electron chi connectivity index (χ2n) is 5.09. The molecule has 1 heterocycles. The van der Waals surface area contributed by atoms with E-state index in [0.29, 0.717) is 0 Å². The van der Waals surface area contributed by atoms with Crippen molar-refractivity contribution in [3.8, 4) is 0 Å². The van der Waals surface area contributed by atoms with E-state index in [1.807, 2.05) is 0 Å². The van der Waals surface area contributed by atoms with E-state index < -0.39 is 23.5 Å². The van der Waals surface area contributed by atoms with Gasteiger partial charge in [-0.3, -0.25) is 4.79 Å². The number of carboxylic acid groups (broad SMARTS) is 2. The minimum atomic E-state index is -1.19. The fraction of sp³-hybridized carbons (Fsp3) is 0.385. The van der Waals surface area contributed by atoms with Gasteiger partial charge < -0.3 is 20.8 Å². The first-order valence-corrected chi connectivity index (χ1v) is 6.20. The number of hydrogen-bond donors (Lipinski definition) is 4. The summed E-state index contributed by atoms with van der Waals surface area (Å²) in [5.74, 6) is -2.13. The van der Waals surface area contributed by atoms with Crippen LogP contribution in [-0.4, -0.2) is 38.7 Å². The van der Waals surface area contributed by atoms with Gasteiger partial charge in [0.15, 0.2) is 0 Å². The Kier molecular flexibility index (Phi) is 5.23. The number of rotatable bonds is 6. The molecule has 114 valence electrons. The molecule has 0 aliphatic carbocycles. The first kappa shape index (κ1) is 16.4. The number of carboxylic acids is 2. The fourth-order valence-corrected chi connectivity index (χ4v) is 1.58. The van der Waals surface area contributed by atoms with Gasteiger partial charge in [-0.15, -0.1) is 0 Å². The third-order valence-electron chi connectivity index (χ3n) is 2.65. The smallest absolute Gasteiger partial charge is 0.354 e. The van der Waals surface area contributed by atoms with Gasteiger partial charge in [0.05, 0.1) is 0 Å². The largest absolute Gasteiger partial charge is 0.481 e. The third kappa shape index (κ3) is 5.89. The Labute approximate surface area is 121 Å². The van der Waals surface area contributed by atoms with Crippen LogP contribution < -0.4 is 10.6 Å². The maximum absolute atomic E-state index is 11.8. The van der Waals surface area contributed by atoms with Gasteiger partial charge in [-0.2, -0.15) is 0 Å². The van der Waals surface area contributed by atoms with Crippen molar-refractivity contribution in [2.75, 3.05) is 5.32 Å². The highest BCUT2D eigenvalue weighted by Gasteiger charge is 2.21. The van der Waals surface area contributed by atoms with E-state index in [4.69, 9.17) is 10.2 Å².